The molecule has 1 aromatic rings. The smallest absolute Gasteiger partial charge is 0.467 e. The van der Waals surface area contributed by atoms with Gasteiger partial charge < -0.3 is 14.2 Å². The van der Waals surface area contributed by atoms with E-state index < -0.39 is 0 Å². The van der Waals surface area contributed by atoms with Gasteiger partial charge in [-0.1, -0.05) is 59.3 Å². The Labute approximate surface area is 177 Å². The third-order valence-electron chi connectivity index (χ3n) is 4.81. The van der Waals surface area contributed by atoms with Crippen LogP contribution < -0.4 is 9.47 Å². The molecule has 0 atom stereocenters. The average Bonchev–Trinajstić information content (AvgIpc) is 2.73. The Balaban J connectivity index is 2.77. The maximum atomic E-state index is 9.59. The normalized spacial score (nSPS) is 10.7. The summed E-state index contributed by atoms with van der Waals surface area (Å²) in [6, 6.07) is 3.97. The van der Waals surface area contributed by atoms with Gasteiger partial charge in [-0.15, -0.1) is 0 Å². The highest BCUT2D eigenvalue weighted by molar-refractivity contribution is 5.68. The average molecular weight is 406 g/mol. The van der Waals surface area contributed by atoms with E-state index in [1.807, 2.05) is 12.1 Å². The van der Waals surface area contributed by atoms with Crippen molar-refractivity contribution < 1.29 is 14.2 Å². The zero-order chi connectivity index (χ0) is 21.2. The Morgan fingerprint density at radius 1 is 0.690 bits per heavy atom. The number of nitrogens with zero attached hydrogens (tertiary/aromatic N) is 2. The van der Waals surface area contributed by atoms with Gasteiger partial charge in [-0.25, -0.2) is 0 Å². The third-order valence-corrected chi connectivity index (χ3v) is 4.81. The molecule has 0 saturated carbocycles. The number of hydrogen-bond acceptors (Lipinski definition) is 4. The van der Waals surface area contributed by atoms with Crippen molar-refractivity contribution in [2.75, 3.05) is 26.4 Å². The van der Waals surface area contributed by atoms with E-state index in [0.717, 1.165) is 63.7 Å². The molecule has 1 aromatic carbocycles. The van der Waals surface area contributed by atoms with Gasteiger partial charge >= 0.3 is 5.69 Å². The summed E-state index contributed by atoms with van der Waals surface area (Å²) in [6.07, 6.45) is 12.0. The SMILES string of the molecule is CCCCCCOc1cc(CCCOCCC)cc(OCCCCCC)c1[N+]#N. The summed E-state index contributed by atoms with van der Waals surface area (Å²) in [5.41, 5.74) is 1.53. The summed E-state index contributed by atoms with van der Waals surface area (Å²) in [4.78, 5) is 3.49. The third kappa shape index (κ3) is 11.1. The lowest BCUT2D eigenvalue weighted by Crippen LogP contribution is -2.03. The standard InChI is InChI=1S/C24H41N2O3/c1-4-7-9-11-17-28-22-19-21(14-13-16-27-15-6-3)20-23(24(22)26-25)29-18-12-10-8-5-2/h19-20H,4-18H2,1-3H3/q+1. The highest BCUT2D eigenvalue weighted by Gasteiger charge is 2.25. The van der Waals surface area contributed by atoms with Crippen LogP contribution in [0.3, 0.4) is 0 Å². The zero-order valence-corrected chi connectivity index (χ0v) is 18.9. The molecule has 5 heteroatoms. The van der Waals surface area contributed by atoms with E-state index in [0.29, 0.717) is 30.4 Å². The first kappa shape index (κ1) is 25.2. The Morgan fingerprint density at radius 2 is 1.28 bits per heavy atom. The topological polar surface area (TPSA) is 55.8 Å². The molecule has 0 saturated heterocycles. The number of rotatable bonds is 18. The molecule has 0 unspecified atom stereocenters. The summed E-state index contributed by atoms with van der Waals surface area (Å²) < 4.78 is 17.6. The van der Waals surface area contributed by atoms with Crippen molar-refractivity contribution in [1.29, 1.82) is 5.39 Å². The molecule has 1 rings (SSSR count). The molecule has 0 heterocycles. The molecule has 164 valence electrons. The van der Waals surface area contributed by atoms with Gasteiger partial charge in [0.2, 0.25) is 16.9 Å². The van der Waals surface area contributed by atoms with E-state index >= 15 is 0 Å². The van der Waals surface area contributed by atoms with Crippen LogP contribution >= 0.6 is 0 Å². The number of benzene rings is 1. The predicted molar refractivity (Wildman–Crippen MR) is 120 cm³/mol. The number of ether oxygens (including phenoxy) is 3. The van der Waals surface area contributed by atoms with Crippen molar-refractivity contribution in [3.63, 3.8) is 0 Å². The van der Waals surface area contributed by atoms with Gasteiger partial charge in [0.1, 0.15) is 0 Å². The van der Waals surface area contributed by atoms with Crippen LogP contribution in [0, 0.1) is 5.39 Å². The van der Waals surface area contributed by atoms with E-state index in [2.05, 4.69) is 25.7 Å². The van der Waals surface area contributed by atoms with Gasteiger partial charge in [-0.2, -0.15) is 0 Å². The van der Waals surface area contributed by atoms with Gasteiger partial charge in [0.25, 0.3) is 0 Å². The highest BCUT2D eigenvalue weighted by atomic mass is 16.5. The second-order valence-corrected chi connectivity index (χ2v) is 7.57. The van der Waals surface area contributed by atoms with Crippen LogP contribution in [-0.4, -0.2) is 26.4 Å². The molecule has 0 amide bonds. The van der Waals surface area contributed by atoms with Crippen LogP contribution in [0.15, 0.2) is 12.1 Å². The Hall–Kier alpha value is -1.80. The first-order valence-corrected chi connectivity index (χ1v) is 11.6. The highest BCUT2D eigenvalue weighted by Crippen LogP contribution is 2.39. The number of diazo groups is 1. The number of unbranched alkanes of at least 4 members (excludes halogenated alkanes) is 6. The molecule has 29 heavy (non-hydrogen) atoms. The fourth-order valence-electron chi connectivity index (χ4n) is 3.15. The Bertz CT molecular complexity index is 549. The monoisotopic (exact) mass is 405 g/mol. The largest absolute Gasteiger partial charge is 0.486 e. The molecule has 5 nitrogen and oxygen atoms in total. The van der Waals surface area contributed by atoms with E-state index in [4.69, 9.17) is 14.2 Å². The van der Waals surface area contributed by atoms with Gasteiger partial charge in [0, 0.05) is 13.2 Å². The Kier molecular flexibility index (Phi) is 14.9. The molecule has 0 bridgehead atoms. The predicted octanol–water partition coefficient (Wildman–Crippen LogP) is 7.45. The van der Waals surface area contributed by atoms with Crippen molar-refractivity contribution in [1.82, 2.24) is 0 Å². The fourth-order valence-corrected chi connectivity index (χ4v) is 3.15. The molecule has 0 aromatic heterocycles. The molecular formula is C24H41N2O3+. The van der Waals surface area contributed by atoms with Crippen molar-refractivity contribution in [2.24, 2.45) is 0 Å². The summed E-state index contributed by atoms with van der Waals surface area (Å²) in [7, 11) is 0. The van der Waals surface area contributed by atoms with E-state index in [1.165, 1.54) is 25.7 Å². The first-order valence-electron chi connectivity index (χ1n) is 11.6. The maximum absolute atomic E-state index is 9.59. The lowest BCUT2D eigenvalue weighted by Gasteiger charge is -2.11. The fraction of sp³-hybridized carbons (Fsp3) is 0.750. The van der Waals surface area contributed by atoms with Gasteiger partial charge in [0.15, 0.2) is 4.98 Å². The minimum atomic E-state index is 0.405. The van der Waals surface area contributed by atoms with Crippen molar-refractivity contribution in [2.45, 2.75) is 91.4 Å². The van der Waals surface area contributed by atoms with Gasteiger partial charge in [-0.05, 0) is 49.8 Å². The Morgan fingerprint density at radius 3 is 1.76 bits per heavy atom. The summed E-state index contributed by atoms with van der Waals surface area (Å²) in [5, 5.41) is 9.59. The summed E-state index contributed by atoms with van der Waals surface area (Å²) >= 11 is 0. The van der Waals surface area contributed by atoms with Crippen molar-refractivity contribution in [3.05, 3.63) is 22.7 Å². The molecule has 0 radical (unpaired) electrons. The molecule has 0 aliphatic carbocycles. The maximum Gasteiger partial charge on any atom is 0.467 e. The number of hydrogen-bond donors (Lipinski definition) is 0. The minimum Gasteiger partial charge on any atom is -0.486 e. The van der Waals surface area contributed by atoms with Gasteiger partial charge in [0.05, 0.1) is 13.2 Å². The quantitative estimate of drug-likeness (QED) is 0.188. The zero-order valence-electron chi connectivity index (χ0n) is 18.9. The lowest BCUT2D eigenvalue weighted by molar-refractivity contribution is 0.132. The summed E-state index contributed by atoms with van der Waals surface area (Å²) in [6.45, 7) is 9.32. The van der Waals surface area contributed by atoms with Crippen LogP contribution in [-0.2, 0) is 11.2 Å². The van der Waals surface area contributed by atoms with E-state index in [9.17, 15) is 5.39 Å². The van der Waals surface area contributed by atoms with Gasteiger partial charge in [-0.3, -0.25) is 0 Å². The second kappa shape index (κ2) is 17.1. The molecule has 0 fully saturated rings. The lowest BCUT2D eigenvalue weighted by atomic mass is 10.1. The second-order valence-electron chi connectivity index (χ2n) is 7.57. The van der Waals surface area contributed by atoms with Crippen LogP contribution in [0.2, 0.25) is 0 Å². The first-order chi connectivity index (χ1) is 14.3. The van der Waals surface area contributed by atoms with Crippen LogP contribution in [0.1, 0.15) is 90.5 Å². The minimum absolute atomic E-state index is 0.405. The van der Waals surface area contributed by atoms with Crippen molar-refractivity contribution in [3.8, 4) is 11.5 Å². The molecule has 0 spiro atoms. The molecule has 0 N–H and O–H groups in total. The molecule has 0 aliphatic rings. The van der Waals surface area contributed by atoms with E-state index in [-0.39, 0.29) is 0 Å². The van der Waals surface area contributed by atoms with Crippen LogP contribution in [0.5, 0.6) is 11.5 Å². The van der Waals surface area contributed by atoms with Crippen molar-refractivity contribution >= 4 is 5.69 Å². The molecular weight excluding hydrogens is 364 g/mol. The van der Waals surface area contributed by atoms with E-state index in [1.54, 1.807) is 0 Å². The number of aryl methyl sites for hydroxylation is 1. The van der Waals surface area contributed by atoms with Crippen LogP contribution in [0.25, 0.3) is 4.98 Å². The molecule has 0 aliphatic heterocycles. The summed E-state index contributed by atoms with van der Waals surface area (Å²) in [5.74, 6) is 1.22. The van der Waals surface area contributed by atoms with Crippen LogP contribution in [0.4, 0.5) is 5.69 Å².